The standard InChI is InChI=1S/C14H23NO/c1-14(2,3)8-9-15-13-7-5-6-12(10-13)11-16-4/h5-7,10,15H,8-9,11H2,1-4H3. The molecule has 0 fully saturated rings. The summed E-state index contributed by atoms with van der Waals surface area (Å²) in [6.07, 6.45) is 1.17. The number of nitrogens with one attached hydrogen (secondary N) is 1. The highest BCUT2D eigenvalue weighted by Gasteiger charge is 2.08. The maximum Gasteiger partial charge on any atom is 0.0713 e. The zero-order valence-electron chi connectivity index (χ0n) is 10.8. The van der Waals surface area contributed by atoms with E-state index in [2.05, 4.69) is 50.4 Å². The van der Waals surface area contributed by atoms with Crippen LogP contribution in [0, 0.1) is 5.41 Å². The average Bonchev–Trinajstić information content (AvgIpc) is 2.17. The van der Waals surface area contributed by atoms with Crippen LogP contribution < -0.4 is 5.32 Å². The molecule has 0 saturated heterocycles. The smallest absolute Gasteiger partial charge is 0.0713 e. The van der Waals surface area contributed by atoms with Gasteiger partial charge in [-0.05, 0) is 29.5 Å². The van der Waals surface area contributed by atoms with Crippen molar-refractivity contribution in [2.24, 2.45) is 5.41 Å². The molecule has 1 N–H and O–H groups in total. The van der Waals surface area contributed by atoms with E-state index < -0.39 is 0 Å². The molecule has 0 aliphatic rings. The summed E-state index contributed by atoms with van der Waals surface area (Å²) in [5.41, 5.74) is 2.78. The summed E-state index contributed by atoms with van der Waals surface area (Å²) in [5.74, 6) is 0. The van der Waals surface area contributed by atoms with Gasteiger partial charge in [0.05, 0.1) is 6.61 Å². The monoisotopic (exact) mass is 221 g/mol. The predicted molar refractivity (Wildman–Crippen MR) is 69.7 cm³/mol. The largest absolute Gasteiger partial charge is 0.385 e. The maximum atomic E-state index is 5.11. The predicted octanol–water partition coefficient (Wildman–Crippen LogP) is 3.68. The van der Waals surface area contributed by atoms with Gasteiger partial charge in [-0.15, -0.1) is 0 Å². The van der Waals surface area contributed by atoms with E-state index in [1.165, 1.54) is 17.7 Å². The molecule has 0 aliphatic heterocycles. The third kappa shape index (κ3) is 5.17. The van der Waals surface area contributed by atoms with Crippen LogP contribution in [-0.4, -0.2) is 13.7 Å². The van der Waals surface area contributed by atoms with Gasteiger partial charge in [-0.2, -0.15) is 0 Å². The van der Waals surface area contributed by atoms with Crippen LogP contribution in [0.2, 0.25) is 0 Å². The van der Waals surface area contributed by atoms with Crippen molar-refractivity contribution < 1.29 is 4.74 Å². The minimum absolute atomic E-state index is 0.386. The molecule has 0 unspecified atom stereocenters. The fourth-order valence-corrected chi connectivity index (χ4v) is 1.52. The van der Waals surface area contributed by atoms with Gasteiger partial charge in [0.25, 0.3) is 0 Å². The van der Waals surface area contributed by atoms with Crippen molar-refractivity contribution in [3.05, 3.63) is 29.8 Å². The fourth-order valence-electron chi connectivity index (χ4n) is 1.52. The van der Waals surface area contributed by atoms with Crippen LogP contribution in [0.1, 0.15) is 32.8 Å². The van der Waals surface area contributed by atoms with E-state index in [1.807, 2.05) is 0 Å². The Morgan fingerprint density at radius 3 is 2.62 bits per heavy atom. The highest BCUT2D eigenvalue weighted by Crippen LogP contribution is 2.19. The molecular weight excluding hydrogens is 198 g/mol. The van der Waals surface area contributed by atoms with Gasteiger partial charge >= 0.3 is 0 Å². The normalized spacial score (nSPS) is 11.5. The Kier molecular flexibility index (Phi) is 4.81. The molecule has 0 atom stereocenters. The van der Waals surface area contributed by atoms with Crippen LogP contribution in [0.3, 0.4) is 0 Å². The SMILES string of the molecule is COCc1cccc(NCCC(C)(C)C)c1. The van der Waals surface area contributed by atoms with Gasteiger partial charge in [-0.1, -0.05) is 32.9 Å². The number of ether oxygens (including phenoxy) is 1. The molecule has 90 valence electrons. The number of methoxy groups -OCH3 is 1. The minimum atomic E-state index is 0.386. The summed E-state index contributed by atoms with van der Waals surface area (Å²) in [4.78, 5) is 0. The van der Waals surface area contributed by atoms with E-state index >= 15 is 0 Å². The quantitative estimate of drug-likeness (QED) is 0.819. The molecule has 0 aromatic heterocycles. The second-order valence-electron chi connectivity index (χ2n) is 5.37. The third-order valence-electron chi connectivity index (χ3n) is 2.44. The topological polar surface area (TPSA) is 21.3 Å². The molecule has 1 rings (SSSR count). The van der Waals surface area contributed by atoms with Crippen LogP contribution in [-0.2, 0) is 11.3 Å². The van der Waals surface area contributed by atoms with Crippen molar-refractivity contribution in [1.29, 1.82) is 0 Å². The first-order valence-corrected chi connectivity index (χ1v) is 5.83. The highest BCUT2D eigenvalue weighted by molar-refractivity contribution is 5.45. The number of hydrogen-bond acceptors (Lipinski definition) is 2. The minimum Gasteiger partial charge on any atom is -0.385 e. The zero-order valence-corrected chi connectivity index (χ0v) is 10.8. The second-order valence-corrected chi connectivity index (χ2v) is 5.37. The van der Waals surface area contributed by atoms with E-state index in [1.54, 1.807) is 7.11 Å². The number of hydrogen-bond donors (Lipinski definition) is 1. The summed E-state index contributed by atoms with van der Waals surface area (Å²) in [6.45, 7) is 8.47. The maximum absolute atomic E-state index is 5.11. The Morgan fingerprint density at radius 1 is 1.25 bits per heavy atom. The lowest BCUT2D eigenvalue weighted by Gasteiger charge is -2.18. The fraction of sp³-hybridized carbons (Fsp3) is 0.571. The first kappa shape index (κ1) is 13.0. The van der Waals surface area contributed by atoms with Gasteiger partial charge in [0.2, 0.25) is 0 Å². The molecule has 0 amide bonds. The lowest BCUT2D eigenvalue weighted by atomic mass is 9.92. The highest BCUT2D eigenvalue weighted by atomic mass is 16.5. The molecule has 2 heteroatoms. The molecular formula is C14H23NO. The summed E-state index contributed by atoms with van der Waals surface area (Å²) in [6, 6.07) is 8.39. The van der Waals surface area contributed by atoms with Gasteiger partial charge in [0.1, 0.15) is 0 Å². The van der Waals surface area contributed by atoms with Gasteiger partial charge in [0, 0.05) is 19.3 Å². The van der Waals surface area contributed by atoms with E-state index in [4.69, 9.17) is 4.74 Å². The summed E-state index contributed by atoms with van der Waals surface area (Å²) >= 11 is 0. The van der Waals surface area contributed by atoms with Crippen LogP contribution in [0.15, 0.2) is 24.3 Å². The molecule has 0 heterocycles. The Balaban J connectivity index is 2.44. The molecule has 0 radical (unpaired) electrons. The van der Waals surface area contributed by atoms with E-state index in [0.29, 0.717) is 12.0 Å². The summed E-state index contributed by atoms with van der Waals surface area (Å²) < 4.78 is 5.11. The molecule has 0 saturated carbocycles. The van der Waals surface area contributed by atoms with Gasteiger partial charge in [-0.25, -0.2) is 0 Å². The molecule has 0 bridgehead atoms. The first-order valence-electron chi connectivity index (χ1n) is 5.83. The van der Waals surface area contributed by atoms with Crippen molar-refractivity contribution in [2.75, 3.05) is 19.0 Å². The Labute approximate surface area is 99.0 Å². The molecule has 16 heavy (non-hydrogen) atoms. The van der Waals surface area contributed by atoms with Crippen LogP contribution in [0.4, 0.5) is 5.69 Å². The van der Waals surface area contributed by atoms with E-state index in [9.17, 15) is 0 Å². The Hall–Kier alpha value is -1.02. The van der Waals surface area contributed by atoms with Crippen LogP contribution in [0.5, 0.6) is 0 Å². The first-order chi connectivity index (χ1) is 7.51. The Bertz CT molecular complexity index is 315. The van der Waals surface area contributed by atoms with Crippen molar-refractivity contribution >= 4 is 5.69 Å². The lowest BCUT2D eigenvalue weighted by Crippen LogP contribution is -2.12. The van der Waals surface area contributed by atoms with Crippen molar-refractivity contribution in [3.8, 4) is 0 Å². The zero-order chi connectivity index (χ0) is 12.0. The second kappa shape index (κ2) is 5.90. The average molecular weight is 221 g/mol. The number of benzene rings is 1. The van der Waals surface area contributed by atoms with Crippen molar-refractivity contribution in [2.45, 2.75) is 33.8 Å². The van der Waals surface area contributed by atoms with Crippen molar-refractivity contribution in [3.63, 3.8) is 0 Å². The third-order valence-corrected chi connectivity index (χ3v) is 2.44. The molecule has 2 nitrogen and oxygen atoms in total. The van der Waals surface area contributed by atoms with Crippen LogP contribution >= 0.6 is 0 Å². The number of anilines is 1. The summed E-state index contributed by atoms with van der Waals surface area (Å²) in [5, 5.41) is 3.44. The van der Waals surface area contributed by atoms with E-state index in [-0.39, 0.29) is 0 Å². The van der Waals surface area contributed by atoms with Crippen LogP contribution in [0.25, 0.3) is 0 Å². The molecule has 1 aromatic carbocycles. The van der Waals surface area contributed by atoms with E-state index in [0.717, 1.165) is 6.54 Å². The lowest BCUT2D eigenvalue weighted by molar-refractivity contribution is 0.185. The Morgan fingerprint density at radius 2 is 2.00 bits per heavy atom. The molecule has 0 spiro atoms. The molecule has 0 aliphatic carbocycles. The summed E-state index contributed by atoms with van der Waals surface area (Å²) in [7, 11) is 1.72. The number of rotatable bonds is 5. The van der Waals surface area contributed by atoms with Gasteiger partial charge in [-0.3, -0.25) is 0 Å². The van der Waals surface area contributed by atoms with Crippen molar-refractivity contribution in [1.82, 2.24) is 0 Å². The molecule has 1 aromatic rings. The van der Waals surface area contributed by atoms with Gasteiger partial charge < -0.3 is 10.1 Å². The van der Waals surface area contributed by atoms with Gasteiger partial charge in [0.15, 0.2) is 0 Å².